The Morgan fingerprint density at radius 3 is 2.14 bits per heavy atom. The molecule has 0 aliphatic carbocycles. The highest BCUT2D eigenvalue weighted by Crippen LogP contribution is 2.28. The van der Waals surface area contributed by atoms with Crippen LogP contribution >= 0.6 is 0 Å². The predicted octanol–water partition coefficient (Wildman–Crippen LogP) is 3.86. The molecule has 1 amide bonds. The maximum Gasteiger partial charge on any atom is 0.243 e. The fourth-order valence-electron chi connectivity index (χ4n) is 4.18. The lowest BCUT2D eigenvalue weighted by Gasteiger charge is -2.36. The number of rotatable bonds is 5. The number of piperidine rings is 2. The van der Waals surface area contributed by atoms with E-state index in [9.17, 15) is 13.2 Å². The second kappa shape index (κ2) is 8.95. The Kier molecular flexibility index (Phi) is 6.81. The van der Waals surface area contributed by atoms with E-state index in [4.69, 9.17) is 0 Å². The van der Waals surface area contributed by atoms with Crippen LogP contribution in [0, 0.1) is 11.8 Å². The summed E-state index contributed by atoms with van der Waals surface area (Å²) in [5.41, 5.74) is 1.17. The number of hydrogen-bond acceptors (Lipinski definition) is 3. The van der Waals surface area contributed by atoms with Gasteiger partial charge in [-0.3, -0.25) is 4.79 Å². The summed E-state index contributed by atoms with van der Waals surface area (Å²) in [5, 5.41) is 0. The van der Waals surface area contributed by atoms with Crippen molar-refractivity contribution in [3.63, 3.8) is 0 Å². The molecule has 0 spiro atoms. The highest BCUT2D eigenvalue weighted by atomic mass is 32.2. The summed E-state index contributed by atoms with van der Waals surface area (Å²) in [6, 6.07) is 7.30. The third kappa shape index (κ3) is 4.60. The molecule has 0 bridgehead atoms. The molecule has 5 nitrogen and oxygen atoms in total. The second-order valence-corrected chi connectivity index (χ2v) is 10.5. The molecule has 0 saturated carbocycles. The van der Waals surface area contributed by atoms with E-state index in [1.807, 2.05) is 17.0 Å². The first-order valence-corrected chi connectivity index (χ1v) is 12.2. The fourth-order valence-corrected chi connectivity index (χ4v) is 5.65. The first kappa shape index (κ1) is 21.3. The second-order valence-electron chi connectivity index (χ2n) is 8.56. The van der Waals surface area contributed by atoms with Gasteiger partial charge in [-0.25, -0.2) is 8.42 Å². The van der Waals surface area contributed by atoms with Gasteiger partial charge in [-0.15, -0.1) is 0 Å². The summed E-state index contributed by atoms with van der Waals surface area (Å²) in [7, 11) is -3.48. The summed E-state index contributed by atoms with van der Waals surface area (Å²) < 4.78 is 27.5. The molecule has 1 atom stereocenters. The zero-order valence-electron chi connectivity index (χ0n) is 17.4. The first-order valence-electron chi connectivity index (χ1n) is 10.7. The van der Waals surface area contributed by atoms with Crippen molar-refractivity contribution in [2.75, 3.05) is 26.2 Å². The van der Waals surface area contributed by atoms with Crippen molar-refractivity contribution in [1.29, 1.82) is 0 Å². The molecule has 2 aliphatic heterocycles. The number of sulfonamides is 1. The van der Waals surface area contributed by atoms with Gasteiger partial charge in [0.2, 0.25) is 15.9 Å². The van der Waals surface area contributed by atoms with Crippen molar-refractivity contribution in [3.8, 4) is 0 Å². The number of likely N-dealkylation sites (tertiary alicyclic amines) is 1. The third-order valence-corrected chi connectivity index (χ3v) is 8.51. The monoisotopic (exact) mass is 406 g/mol. The molecule has 2 fully saturated rings. The van der Waals surface area contributed by atoms with Crippen molar-refractivity contribution in [1.82, 2.24) is 9.21 Å². The number of benzene rings is 1. The van der Waals surface area contributed by atoms with Crippen LogP contribution in [-0.2, 0) is 14.8 Å². The minimum absolute atomic E-state index is 0.0346. The minimum Gasteiger partial charge on any atom is -0.342 e. The number of carbonyl (C=O) groups excluding carboxylic acids is 1. The van der Waals surface area contributed by atoms with Gasteiger partial charge in [0, 0.05) is 32.1 Å². The lowest BCUT2D eigenvalue weighted by molar-refractivity contribution is -0.138. The summed E-state index contributed by atoms with van der Waals surface area (Å²) in [6.45, 7) is 9.06. The van der Waals surface area contributed by atoms with Crippen molar-refractivity contribution < 1.29 is 13.2 Å². The molecule has 156 valence electrons. The van der Waals surface area contributed by atoms with Gasteiger partial charge in [-0.2, -0.15) is 4.31 Å². The van der Waals surface area contributed by atoms with Gasteiger partial charge >= 0.3 is 0 Å². The highest BCUT2D eigenvalue weighted by molar-refractivity contribution is 7.89. The summed E-state index contributed by atoms with van der Waals surface area (Å²) >= 11 is 0. The van der Waals surface area contributed by atoms with E-state index in [-0.39, 0.29) is 11.8 Å². The maximum absolute atomic E-state index is 13.0. The molecule has 1 aromatic carbocycles. The van der Waals surface area contributed by atoms with Gasteiger partial charge in [-0.1, -0.05) is 32.9 Å². The van der Waals surface area contributed by atoms with Crippen LogP contribution < -0.4 is 0 Å². The van der Waals surface area contributed by atoms with Gasteiger partial charge in [0.15, 0.2) is 0 Å². The van der Waals surface area contributed by atoms with Crippen LogP contribution in [0.1, 0.15) is 64.4 Å². The van der Waals surface area contributed by atoms with Crippen molar-refractivity contribution >= 4 is 15.9 Å². The highest BCUT2D eigenvalue weighted by Gasteiger charge is 2.34. The number of hydrogen-bond donors (Lipinski definition) is 0. The van der Waals surface area contributed by atoms with Crippen LogP contribution in [0.4, 0.5) is 0 Å². The molecular formula is C22H34N2O3S. The quantitative estimate of drug-likeness (QED) is 0.746. The zero-order valence-corrected chi connectivity index (χ0v) is 18.2. The molecule has 0 N–H and O–H groups in total. The zero-order chi connectivity index (χ0) is 20.3. The molecule has 2 saturated heterocycles. The SMILES string of the molecule is CCC(C)c1ccc(S(=O)(=O)N2CCC(C(=O)N3CCC(C)CC3)CC2)cc1. The first-order chi connectivity index (χ1) is 13.3. The summed E-state index contributed by atoms with van der Waals surface area (Å²) in [6.07, 6.45) is 4.42. The molecule has 2 aliphatic rings. The van der Waals surface area contributed by atoms with Gasteiger partial charge in [-0.05, 0) is 61.6 Å². The average Bonchev–Trinajstić information content (AvgIpc) is 2.73. The smallest absolute Gasteiger partial charge is 0.243 e. The van der Waals surface area contributed by atoms with Gasteiger partial charge in [0.25, 0.3) is 0 Å². The van der Waals surface area contributed by atoms with Crippen molar-refractivity contribution in [2.45, 2.75) is 63.7 Å². The molecule has 2 heterocycles. The largest absolute Gasteiger partial charge is 0.342 e. The van der Waals surface area contributed by atoms with Crippen LogP contribution in [0.5, 0.6) is 0 Å². The van der Waals surface area contributed by atoms with Crippen LogP contribution in [0.2, 0.25) is 0 Å². The molecule has 1 aromatic rings. The Hall–Kier alpha value is -1.40. The Balaban J connectivity index is 1.59. The maximum atomic E-state index is 13.0. The van der Waals surface area contributed by atoms with Gasteiger partial charge < -0.3 is 4.90 Å². The molecule has 28 heavy (non-hydrogen) atoms. The van der Waals surface area contributed by atoms with Crippen LogP contribution in [0.3, 0.4) is 0 Å². The summed E-state index contributed by atoms with van der Waals surface area (Å²) in [5.74, 6) is 1.31. The van der Waals surface area contributed by atoms with E-state index in [1.54, 1.807) is 16.4 Å². The number of carbonyl (C=O) groups is 1. The number of amides is 1. The Bertz CT molecular complexity index is 759. The third-order valence-electron chi connectivity index (χ3n) is 6.60. The molecule has 0 aromatic heterocycles. The Morgan fingerprint density at radius 2 is 1.61 bits per heavy atom. The van der Waals surface area contributed by atoms with Crippen LogP contribution in [0.25, 0.3) is 0 Å². The van der Waals surface area contributed by atoms with E-state index in [0.717, 1.165) is 32.4 Å². The lowest BCUT2D eigenvalue weighted by atomic mass is 9.93. The fraction of sp³-hybridized carbons (Fsp3) is 0.682. The van der Waals surface area contributed by atoms with Crippen LogP contribution in [0.15, 0.2) is 29.2 Å². The number of nitrogens with zero attached hydrogens (tertiary/aromatic N) is 2. The van der Waals surface area contributed by atoms with E-state index in [1.165, 1.54) is 5.56 Å². The molecule has 0 radical (unpaired) electrons. The molecule has 1 unspecified atom stereocenters. The van der Waals surface area contributed by atoms with E-state index in [2.05, 4.69) is 20.8 Å². The van der Waals surface area contributed by atoms with Gasteiger partial charge in [0.05, 0.1) is 4.90 Å². The van der Waals surface area contributed by atoms with Crippen molar-refractivity contribution in [2.24, 2.45) is 11.8 Å². The van der Waals surface area contributed by atoms with Crippen molar-refractivity contribution in [3.05, 3.63) is 29.8 Å². The van der Waals surface area contributed by atoms with E-state index < -0.39 is 10.0 Å². The normalized spacial score (nSPS) is 21.6. The molecule has 6 heteroatoms. The van der Waals surface area contributed by atoms with Gasteiger partial charge in [0.1, 0.15) is 0 Å². The molecular weight excluding hydrogens is 372 g/mol. The predicted molar refractivity (Wildman–Crippen MR) is 112 cm³/mol. The standard InChI is InChI=1S/C22H34N2O3S/c1-4-18(3)19-5-7-21(8-6-19)28(26,27)24-15-11-20(12-16-24)22(25)23-13-9-17(2)10-14-23/h5-8,17-18,20H,4,9-16H2,1-3H3. The minimum atomic E-state index is -3.48. The Labute approximate surface area is 170 Å². The van der Waals surface area contributed by atoms with Crippen LogP contribution in [-0.4, -0.2) is 49.7 Å². The lowest BCUT2D eigenvalue weighted by Crippen LogP contribution is -2.46. The Morgan fingerprint density at radius 1 is 1.04 bits per heavy atom. The summed E-state index contributed by atoms with van der Waals surface area (Å²) in [4.78, 5) is 15.1. The van der Waals surface area contributed by atoms with E-state index >= 15 is 0 Å². The average molecular weight is 407 g/mol. The van der Waals surface area contributed by atoms with E-state index in [0.29, 0.717) is 42.7 Å². The topological polar surface area (TPSA) is 57.7 Å². The molecule has 3 rings (SSSR count).